The Bertz CT molecular complexity index is 681. The number of carbonyl (C=O) groups is 1. The summed E-state index contributed by atoms with van der Waals surface area (Å²) in [6, 6.07) is 1.37. The average Bonchev–Trinajstić information content (AvgIpc) is 2.95. The van der Waals surface area contributed by atoms with E-state index in [4.69, 9.17) is 14.7 Å². The Hall–Kier alpha value is -2.01. The Morgan fingerprint density at radius 3 is 2.70 bits per heavy atom. The van der Waals surface area contributed by atoms with Crippen LogP contribution < -0.4 is 11.2 Å². The van der Waals surface area contributed by atoms with Gasteiger partial charge in [-0.15, -0.1) is 0 Å². The molecule has 1 saturated heterocycles. The van der Waals surface area contributed by atoms with Crippen LogP contribution in [0.2, 0.25) is 0 Å². The zero-order chi connectivity index (χ0) is 20.0. The molecule has 10 nitrogen and oxygen atoms in total. The number of hydrogen-bond donors (Lipinski definition) is 4. The highest BCUT2D eigenvalue weighted by Crippen LogP contribution is 2.28. The smallest absolute Gasteiger partial charge is 0.351 e. The molecule has 0 aliphatic carbocycles. The van der Waals surface area contributed by atoms with Gasteiger partial charge in [-0.3, -0.25) is 4.57 Å². The minimum absolute atomic E-state index is 0.0293. The van der Waals surface area contributed by atoms with Gasteiger partial charge in [0.1, 0.15) is 18.3 Å². The van der Waals surface area contributed by atoms with Crippen LogP contribution in [0.4, 0.5) is 5.82 Å². The second-order valence-electron chi connectivity index (χ2n) is 6.50. The SMILES string of the molecule is CCCCC(CC)C(=O)ONc1ccn([C@@H]2O[C@H](CO)[C@@H](O)[C@H]2O)c(=O)n1. The van der Waals surface area contributed by atoms with Gasteiger partial charge in [0.15, 0.2) is 12.0 Å². The summed E-state index contributed by atoms with van der Waals surface area (Å²) >= 11 is 0. The van der Waals surface area contributed by atoms with Crippen LogP contribution in [0, 0.1) is 5.92 Å². The van der Waals surface area contributed by atoms with Crippen molar-refractivity contribution in [2.75, 3.05) is 12.1 Å². The predicted octanol–water partition coefficient (Wildman–Crippen LogP) is -0.0587. The molecule has 4 N–H and O–H groups in total. The van der Waals surface area contributed by atoms with Crippen molar-refractivity contribution in [1.82, 2.24) is 9.55 Å². The second-order valence-corrected chi connectivity index (χ2v) is 6.50. The first-order valence-corrected chi connectivity index (χ1v) is 9.11. The number of aromatic nitrogens is 2. The lowest BCUT2D eigenvalue weighted by atomic mass is 10.00. The molecule has 1 aromatic heterocycles. The molecule has 152 valence electrons. The van der Waals surface area contributed by atoms with E-state index in [0.29, 0.717) is 6.42 Å². The van der Waals surface area contributed by atoms with E-state index in [1.807, 2.05) is 13.8 Å². The summed E-state index contributed by atoms with van der Waals surface area (Å²) in [7, 11) is 0. The van der Waals surface area contributed by atoms with Crippen LogP contribution in [0.25, 0.3) is 0 Å². The Morgan fingerprint density at radius 2 is 2.15 bits per heavy atom. The molecule has 1 unspecified atom stereocenters. The maximum absolute atomic E-state index is 12.2. The Kier molecular flexibility index (Phi) is 7.72. The van der Waals surface area contributed by atoms with Crippen molar-refractivity contribution >= 4 is 11.8 Å². The van der Waals surface area contributed by atoms with Gasteiger partial charge in [-0.05, 0) is 12.8 Å². The highest BCUT2D eigenvalue weighted by Gasteiger charge is 2.43. The van der Waals surface area contributed by atoms with Crippen LogP contribution >= 0.6 is 0 Å². The van der Waals surface area contributed by atoms with E-state index in [9.17, 15) is 19.8 Å². The van der Waals surface area contributed by atoms with Crippen LogP contribution in [-0.2, 0) is 14.4 Å². The summed E-state index contributed by atoms with van der Waals surface area (Å²) < 4.78 is 6.28. The predicted molar refractivity (Wildman–Crippen MR) is 94.5 cm³/mol. The topological polar surface area (TPSA) is 143 Å². The van der Waals surface area contributed by atoms with Crippen LogP contribution in [0.1, 0.15) is 45.8 Å². The largest absolute Gasteiger partial charge is 0.394 e. The number of rotatable bonds is 9. The first-order chi connectivity index (χ1) is 12.9. The van der Waals surface area contributed by atoms with Crippen molar-refractivity contribution in [3.63, 3.8) is 0 Å². The molecule has 2 heterocycles. The lowest BCUT2D eigenvalue weighted by molar-refractivity contribution is -0.145. The number of aliphatic hydroxyl groups excluding tert-OH is 3. The molecule has 0 spiro atoms. The van der Waals surface area contributed by atoms with E-state index in [1.165, 1.54) is 12.3 Å². The first-order valence-electron chi connectivity index (χ1n) is 9.11. The van der Waals surface area contributed by atoms with Gasteiger partial charge in [0.25, 0.3) is 0 Å². The van der Waals surface area contributed by atoms with Crippen LogP contribution in [0.3, 0.4) is 0 Å². The maximum Gasteiger partial charge on any atom is 0.351 e. The van der Waals surface area contributed by atoms with Crippen molar-refractivity contribution in [3.05, 3.63) is 22.7 Å². The number of unbranched alkanes of at least 4 members (excludes halogenated alkanes) is 1. The summed E-state index contributed by atoms with van der Waals surface area (Å²) in [4.78, 5) is 33.0. The third kappa shape index (κ3) is 5.04. The van der Waals surface area contributed by atoms with Gasteiger partial charge >= 0.3 is 11.7 Å². The summed E-state index contributed by atoms with van der Waals surface area (Å²) in [5, 5.41) is 28.9. The summed E-state index contributed by atoms with van der Waals surface area (Å²) in [5.41, 5.74) is 1.59. The molecule has 0 bridgehead atoms. The van der Waals surface area contributed by atoms with E-state index >= 15 is 0 Å². The maximum atomic E-state index is 12.2. The molecule has 0 radical (unpaired) electrons. The van der Waals surface area contributed by atoms with Crippen molar-refractivity contribution in [2.45, 2.75) is 64.1 Å². The first kappa shape index (κ1) is 21.3. The molecule has 27 heavy (non-hydrogen) atoms. The summed E-state index contributed by atoms with van der Waals surface area (Å²) in [6.07, 6.45) is -0.294. The van der Waals surface area contributed by atoms with Gasteiger partial charge in [0.2, 0.25) is 0 Å². The van der Waals surface area contributed by atoms with Crippen LogP contribution in [0.5, 0.6) is 0 Å². The number of aliphatic hydroxyl groups is 3. The van der Waals surface area contributed by atoms with E-state index in [-0.39, 0.29) is 11.7 Å². The van der Waals surface area contributed by atoms with Crippen molar-refractivity contribution in [3.8, 4) is 0 Å². The molecule has 2 rings (SSSR count). The molecule has 1 aliphatic rings. The number of carbonyl (C=O) groups excluding carboxylic acids is 1. The Balaban J connectivity index is 2.01. The highest BCUT2D eigenvalue weighted by molar-refractivity contribution is 5.73. The molecule has 0 aromatic carbocycles. The van der Waals surface area contributed by atoms with Gasteiger partial charge in [0.05, 0.1) is 12.5 Å². The van der Waals surface area contributed by atoms with Gasteiger partial charge in [0, 0.05) is 12.3 Å². The number of hydrogen-bond acceptors (Lipinski definition) is 9. The summed E-state index contributed by atoms with van der Waals surface area (Å²) in [5.74, 6) is -0.612. The fourth-order valence-electron chi connectivity index (χ4n) is 2.90. The molecular weight excluding hydrogens is 358 g/mol. The van der Waals surface area contributed by atoms with E-state index in [0.717, 1.165) is 23.8 Å². The third-order valence-electron chi connectivity index (χ3n) is 4.61. The molecule has 10 heteroatoms. The number of anilines is 1. The number of nitrogens with one attached hydrogen (secondary N) is 1. The molecule has 0 amide bonds. The molecule has 1 fully saturated rings. The molecule has 1 aliphatic heterocycles. The van der Waals surface area contributed by atoms with Gasteiger partial charge in [-0.2, -0.15) is 4.98 Å². The van der Waals surface area contributed by atoms with E-state index in [2.05, 4.69) is 10.5 Å². The van der Waals surface area contributed by atoms with Crippen molar-refractivity contribution < 1.29 is 29.7 Å². The fraction of sp³-hybridized carbons (Fsp3) is 0.706. The van der Waals surface area contributed by atoms with Crippen molar-refractivity contribution in [1.29, 1.82) is 0 Å². The number of ether oxygens (including phenoxy) is 1. The monoisotopic (exact) mass is 385 g/mol. The normalized spacial score (nSPS) is 26.0. The Labute approximate surface area is 156 Å². The summed E-state index contributed by atoms with van der Waals surface area (Å²) in [6.45, 7) is 3.45. The van der Waals surface area contributed by atoms with E-state index in [1.54, 1.807) is 0 Å². The van der Waals surface area contributed by atoms with Gasteiger partial charge in [-0.1, -0.05) is 26.7 Å². The van der Waals surface area contributed by atoms with Crippen molar-refractivity contribution in [2.24, 2.45) is 5.92 Å². The number of nitrogens with zero attached hydrogens (tertiary/aromatic N) is 2. The average molecular weight is 385 g/mol. The molecule has 0 saturated carbocycles. The fourth-order valence-corrected chi connectivity index (χ4v) is 2.90. The van der Waals surface area contributed by atoms with Gasteiger partial charge in [-0.25, -0.2) is 15.1 Å². The quantitative estimate of drug-likeness (QED) is 0.430. The highest BCUT2D eigenvalue weighted by atomic mass is 16.7. The van der Waals surface area contributed by atoms with Crippen LogP contribution in [-0.4, -0.2) is 55.8 Å². The van der Waals surface area contributed by atoms with Gasteiger partial charge < -0.3 is 24.9 Å². The Morgan fingerprint density at radius 1 is 1.41 bits per heavy atom. The minimum atomic E-state index is -1.39. The zero-order valence-corrected chi connectivity index (χ0v) is 15.4. The molecular formula is C17H27N3O7. The van der Waals surface area contributed by atoms with Crippen LogP contribution in [0.15, 0.2) is 17.1 Å². The minimum Gasteiger partial charge on any atom is -0.394 e. The molecule has 1 aromatic rings. The third-order valence-corrected chi connectivity index (χ3v) is 4.61. The lowest BCUT2D eigenvalue weighted by Crippen LogP contribution is -2.36. The zero-order valence-electron chi connectivity index (χ0n) is 15.4. The second kappa shape index (κ2) is 9.79. The standard InChI is InChI=1S/C17H27N3O7/c1-3-5-6-10(4-2)16(24)27-19-12-7-8-20(17(25)18-12)15-14(23)13(22)11(9-21)26-15/h7-8,10-11,13-15,21-23H,3-6,9H2,1-2H3,(H,18,19,25)/t10?,11-,13-,14-,15-/m1/s1. The lowest BCUT2D eigenvalue weighted by Gasteiger charge is -2.17. The van der Waals surface area contributed by atoms with E-state index < -0.39 is 42.8 Å². The molecule has 5 atom stereocenters.